The molecule has 0 aliphatic heterocycles. The average Bonchev–Trinajstić information content (AvgIpc) is 2.52. The van der Waals surface area contributed by atoms with E-state index in [4.69, 9.17) is 5.73 Å². The van der Waals surface area contributed by atoms with Gasteiger partial charge in [-0.3, -0.25) is 4.79 Å². The molecule has 1 aromatic rings. The Kier molecular flexibility index (Phi) is 3.92. The number of carbonyl (C=O) groups is 1. The fourth-order valence-electron chi connectivity index (χ4n) is 0.941. The molecule has 0 saturated heterocycles. The summed E-state index contributed by atoms with van der Waals surface area (Å²) in [4.78, 5) is 12.2. The third-order valence-corrected chi connectivity index (χ3v) is 2.67. The highest BCUT2D eigenvalue weighted by Gasteiger charge is 2.05. The number of aryl methyl sites for hydroxylation is 1. The summed E-state index contributed by atoms with van der Waals surface area (Å²) in [5.74, 6) is 0.00606. The third kappa shape index (κ3) is 3.16. The van der Waals surface area contributed by atoms with Crippen LogP contribution in [0.15, 0.2) is 11.4 Å². The predicted octanol–water partition coefficient (Wildman–Crippen LogP) is 1.14. The van der Waals surface area contributed by atoms with E-state index in [2.05, 4.69) is 5.32 Å². The van der Waals surface area contributed by atoms with Crippen molar-refractivity contribution < 1.29 is 4.79 Å². The number of amides is 1. The van der Waals surface area contributed by atoms with E-state index in [-0.39, 0.29) is 5.91 Å². The quantitative estimate of drug-likeness (QED) is 0.713. The lowest BCUT2D eigenvalue weighted by Crippen LogP contribution is -2.25. The second kappa shape index (κ2) is 4.99. The van der Waals surface area contributed by atoms with Crippen molar-refractivity contribution in [3.05, 3.63) is 21.9 Å². The summed E-state index contributed by atoms with van der Waals surface area (Å²) in [7, 11) is 0. The molecule has 0 aliphatic rings. The Hall–Kier alpha value is -0.870. The molecule has 0 bridgehead atoms. The average molecular weight is 198 g/mol. The van der Waals surface area contributed by atoms with Crippen LogP contribution in [-0.4, -0.2) is 19.0 Å². The van der Waals surface area contributed by atoms with Gasteiger partial charge >= 0.3 is 0 Å². The standard InChI is InChI=1S/C9H14N2OS/c1-7-5-8(13-6-7)9(12)11-4-2-3-10/h5-6H,2-4,10H2,1H3,(H,11,12). The molecule has 3 nitrogen and oxygen atoms in total. The van der Waals surface area contributed by atoms with Crippen LogP contribution in [0.4, 0.5) is 0 Å². The number of nitrogens with one attached hydrogen (secondary N) is 1. The Morgan fingerprint density at radius 2 is 2.46 bits per heavy atom. The molecule has 0 atom stereocenters. The van der Waals surface area contributed by atoms with Crippen LogP contribution in [-0.2, 0) is 0 Å². The second-order valence-electron chi connectivity index (χ2n) is 2.89. The van der Waals surface area contributed by atoms with E-state index in [1.807, 2.05) is 18.4 Å². The zero-order chi connectivity index (χ0) is 9.68. The van der Waals surface area contributed by atoms with Crippen molar-refractivity contribution >= 4 is 17.2 Å². The summed E-state index contributed by atoms with van der Waals surface area (Å²) >= 11 is 1.47. The molecule has 72 valence electrons. The number of hydrogen-bond donors (Lipinski definition) is 2. The third-order valence-electron chi connectivity index (χ3n) is 1.62. The number of thiophene rings is 1. The maximum absolute atomic E-state index is 11.4. The molecule has 1 heterocycles. The van der Waals surface area contributed by atoms with Crippen molar-refractivity contribution in [2.24, 2.45) is 5.73 Å². The summed E-state index contributed by atoms with van der Waals surface area (Å²) in [5.41, 5.74) is 6.44. The fraction of sp³-hybridized carbons (Fsp3) is 0.444. The van der Waals surface area contributed by atoms with E-state index >= 15 is 0 Å². The van der Waals surface area contributed by atoms with Crippen molar-refractivity contribution in [2.45, 2.75) is 13.3 Å². The SMILES string of the molecule is Cc1csc(C(=O)NCCCN)c1. The van der Waals surface area contributed by atoms with Gasteiger partial charge in [-0.05, 0) is 36.9 Å². The molecule has 0 unspecified atom stereocenters. The van der Waals surface area contributed by atoms with Gasteiger partial charge in [0, 0.05) is 6.54 Å². The van der Waals surface area contributed by atoms with Crippen molar-refractivity contribution in [1.82, 2.24) is 5.32 Å². The van der Waals surface area contributed by atoms with Gasteiger partial charge in [0.05, 0.1) is 4.88 Å². The largest absolute Gasteiger partial charge is 0.351 e. The Balaban J connectivity index is 2.40. The maximum Gasteiger partial charge on any atom is 0.261 e. The Morgan fingerprint density at radius 3 is 3.00 bits per heavy atom. The monoisotopic (exact) mass is 198 g/mol. The molecule has 0 radical (unpaired) electrons. The molecular weight excluding hydrogens is 184 g/mol. The van der Waals surface area contributed by atoms with Crippen LogP contribution < -0.4 is 11.1 Å². The summed E-state index contributed by atoms with van der Waals surface area (Å²) < 4.78 is 0. The molecular formula is C9H14N2OS. The normalized spacial score (nSPS) is 10.0. The fourth-order valence-corrected chi connectivity index (χ4v) is 1.76. The predicted molar refractivity (Wildman–Crippen MR) is 55.1 cm³/mol. The lowest BCUT2D eigenvalue weighted by atomic mass is 10.3. The number of nitrogens with two attached hydrogens (primary N) is 1. The van der Waals surface area contributed by atoms with Crippen LogP contribution in [0, 0.1) is 6.92 Å². The molecule has 1 rings (SSSR count). The van der Waals surface area contributed by atoms with E-state index in [1.165, 1.54) is 11.3 Å². The van der Waals surface area contributed by atoms with Gasteiger partial charge in [0.15, 0.2) is 0 Å². The minimum absolute atomic E-state index is 0.00606. The van der Waals surface area contributed by atoms with Gasteiger partial charge in [-0.25, -0.2) is 0 Å². The van der Waals surface area contributed by atoms with Crippen molar-refractivity contribution in [3.63, 3.8) is 0 Å². The molecule has 0 aliphatic carbocycles. The van der Waals surface area contributed by atoms with Gasteiger partial charge in [0.25, 0.3) is 5.91 Å². The van der Waals surface area contributed by atoms with Gasteiger partial charge in [0.2, 0.25) is 0 Å². The minimum atomic E-state index is 0.00606. The molecule has 0 aromatic carbocycles. The van der Waals surface area contributed by atoms with Gasteiger partial charge in [-0.2, -0.15) is 0 Å². The van der Waals surface area contributed by atoms with Crippen molar-refractivity contribution in [2.75, 3.05) is 13.1 Å². The van der Waals surface area contributed by atoms with E-state index < -0.39 is 0 Å². The van der Waals surface area contributed by atoms with E-state index in [0.717, 1.165) is 16.9 Å². The lowest BCUT2D eigenvalue weighted by molar-refractivity contribution is 0.0957. The highest BCUT2D eigenvalue weighted by molar-refractivity contribution is 7.12. The second-order valence-corrected chi connectivity index (χ2v) is 3.80. The topological polar surface area (TPSA) is 55.1 Å². The van der Waals surface area contributed by atoms with Gasteiger partial charge in [-0.1, -0.05) is 0 Å². The van der Waals surface area contributed by atoms with Crippen molar-refractivity contribution in [3.8, 4) is 0 Å². The molecule has 1 aromatic heterocycles. The first-order chi connectivity index (χ1) is 6.24. The van der Waals surface area contributed by atoms with Crippen molar-refractivity contribution in [1.29, 1.82) is 0 Å². The van der Waals surface area contributed by atoms with Crippen LogP contribution in [0.25, 0.3) is 0 Å². The summed E-state index contributed by atoms with van der Waals surface area (Å²) in [6.45, 7) is 3.25. The highest BCUT2D eigenvalue weighted by atomic mass is 32.1. The van der Waals surface area contributed by atoms with Crippen LogP contribution in [0.2, 0.25) is 0 Å². The van der Waals surface area contributed by atoms with E-state index in [1.54, 1.807) is 0 Å². The van der Waals surface area contributed by atoms with E-state index in [9.17, 15) is 4.79 Å². The summed E-state index contributed by atoms with van der Waals surface area (Å²) in [6.07, 6.45) is 0.829. The molecule has 4 heteroatoms. The van der Waals surface area contributed by atoms with Crippen LogP contribution in [0.3, 0.4) is 0 Å². The summed E-state index contributed by atoms with van der Waals surface area (Å²) in [5, 5.41) is 4.77. The molecule has 1 amide bonds. The Morgan fingerprint density at radius 1 is 1.69 bits per heavy atom. The van der Waals surface area contributed by atoms with Gasteiger partial charge in [-0.15, -0.1) is 11.3 Å². The Labute approximate surface area is 81.9 Å². The lowest BCUT2D eigenvalue weighted by Gasteiger charge is -2.00. The van der Waals surface area contributed by atoms with Crippen LogP contribution in [0.1, 0.15) is 21.7 Å². The maximum atomic E-state index is 11.4. The van der Waals surface area contributed by atoms with Crippen LogP contribution >= 0.6 is 11.3 Å². The minimum Gasteiger partial charge on any atom is -0.351 e. The van der Waals surface area contributed by atoms with Crippen LogP contribution in [0.5, 0.6) is 0 Å². The highest BCUT2D eigenvalue weighted by Crippen LogP contribution is 2.12. The molecule has 13 heavy (non-hydrogen) atoms. The molecule has 0 saturated carbocycles. The number of hydrogen-bond acceptors (Lipinski definition) is 3. The molecule has 0 fully saturated rings. The zero-order valence-corrected chi connectivity index (χ0v) is 8.49. The smallest absolute Gasteiger partial charge is 0.261 e. The molecule has 0 spiro atoms. The van der Waals surface area contributed by atoms with E-state index in [0.29, 0.717) is 13.1 Å². The first kappa shape index (κ1) is 10.2. The molecule has 3 N–H and O–H groups in total. The van der Waals surface area contributed by atoms with Gasteiger partial charge in [0.1, 0.15) is 0 Å². The Bertz CT molecular complexity index is 283. The first-order valence-electron chi connectivity index (χ1n) is 4.27. The first-order valence-corrected chi connectivity index (χ1v) is 5.15. The number of carbonyl (C=O) groups excluding carboxylic acids is 1. The van der Waals surface area contributed by atoms with Gasteiger partial charge < -0.3 is 11.1 Å². The number of rotatable bonds is 4. The summed E-state index contributed by atoms with van der Waals surface area (Å²) in [6, 6.07) is 1.89. The zero-order valence-electron chi connectivity index (χ0n) is 7.67.